The minimum Gasteiger partial charge on any atom is -0.324 e. The van der Waals surface area contributed by atoms with Crippen LogP contribution in [0.3, 0.4) is 0 Å². The number of nitrogens with zero attached hydrogens (tertiary/aromatic N) is 4. The lowest BCUT2D eigenvalue weighted by atomic mass is 10.1. The summed E-state index contributed by atoms with van der Waals surface area (Å²) in [5.74, 6) is 0. The van der Waals surface area contributed by atoms with E-state index in [9.17, 15) is 0 Å². The van der Waals surface area contributed by atoms with E-state index < -0.39 is 0 Å². The van der Waals surface area contributed by atoms with Crippen molar-refractivity contribution in [1.29, 1.82) is 0 Å². The van der Waals surface area contributed by atoms with Crippen molar-refractivity contribution in [3.8, 4) is 0 Å². The molecule has 0 aromatic carbocycles. The molecule has 0 aliphatic heterocycles. The van der Waals surface area contributed by atoms with Crippen LogP contribution in [-0.2, 0) is 20.5 Å². The van der Waals surface area contributed by atoms with Gasteiger partial charge in [-0.1, -0.05) is 0 Å². The second-order valence-corrected chi connectivity index (χ2v) is 3.78. The summed E-state index contributed by atoms with van der Waals surface area (Å²) in [6, 6.07) is -0.0112. The van der Waals surface area contributed by atoms with Crippen molar-refractivity contribution in [2.24, 2.45) is 19.8 Å². The number of aromatic nitrogens is 4. The third kappa shape index (κ3) is 2.24. The van der Waals surface area contributed by atoms with Gasteiger partial charge in [0.15, 0.2) is 0 Å². The molecule has 2 heterocycles. The molecule has 5 nitrogen and oxygen atoms in total. The largest absolute Gasteiger partial charge is 0.324 e. The minimum absolute atomic E-state index is 0.0112. The number of nitrogens with two attached hydrogens (primary N) is 1. The Balaban J connectivity index is 2.06. The standard InChI is InChI=1S/C10H15N5/c1-14-6-8(4-12-14)3-10(11)9-5-13-15(2)7-9/h4-7,10H,3,11H2,1-2H3. The molecule has 0 aliphatic carbocycles. The Bertz CT molecular complexity index is 442. The molecule has 5 heteroatoms. The first kappa shape index (κ1) is 9.92. The van der Waals surface area contributed by atoms with E-state index in [-0.39, 0.29) is 6.04 Å². The van der Waals surface area contributed by atoms with E-state index in [0.29, 0.717) is 0 Å². The second kappa shape index (κ2) is 3.86. The molecule has 80 valence electrons. The molecule has 1 atom stereocenters. The van der Waals surface area contributed by atoms with E-state index in [2.05, 4.69) is 10.2 Å². The zero-order chi connectivity index (χ0) is 10.8. The fraction of sp³-hybridized carbons (Fsp3) is 0.400. The third-order valence-electron chi connectivity index (χ3n) is 2.37. The Morgan fingerprint density at radius 3 is 2.40 bits per heavy atom. The van der Waals surface area contributed by atoms with E-state index in [1.807, 2.05) is 32.7 Å². The SMILES string of the molecule is Cn1cc(CC(N)c2cnn(C)c2)cn1. The molecule has 2 rings (SSSR count). The van der Waals surface area contributed by atoms with Crippen molar-refractivity contribution < 1.29 is 0 Å². The molecule has 0 amide bonds. The summed E-state index contributed by atoms with van der Waals surface area (Å²) in [5, 5.41) is 8.21. The summed E-state index contributed by atoms with van der Waals surface area (Å²) < 4.78 is 3.55. The number of aryl methyl sites for hydroxylation is 2. The van der Waals surface area contributed by atoms with Crippen LogP contribution in [0.1, 0.15) is 17.2 Å². The third-order valence-corrected chi connectivity index (χ3v) is 2.37. The van der Waals surface area contributed by atoms with Gasteiger partial charge in [0.25, 0.3) is 0 Å². The van der Waals surface area contributed by atoms with E-state index in [4.69, 9.17) is 5.73 Å². The lowest BCUT2D eigenvalue weighted by molar-refractivity contribution is 0.715. The maximum atomic E-state index is 6.06. The van der Waals surface area contributed by atoms with Crippen LogP contribution >= 0.6 is 0 Å². The Kier molecular flexibility index (Phi) is 2.55. The molecule has 0 saturated heterocycles. The molecule has 0 spiro atoms. The van der Waals surface area contributed by atoms with Gasteiger partial charge in [-0.05, 0) is 12.0 Å². The van der Waals surface area contributed by atoms with E-state index in [1.165, 1.54) is 0 Å². The van der Waals surface area contributed by atoms with Crippen molar-refractivity contribution in [2.45, 2.75) is 12.5 Å². The highest BCUT2D eigenvalue weighted by atomic mass is 15.2. The van der Waals surface area contributed by atoms with Crippen molar-refractivity contribution in [3.63, 3.8) is 0 Å². The Morgan fingerprint density at radius 2 is 1.87 bits per heavy atom. The van der Waals surface area contributed by atoms with Crippen LogP contribution in [0.4, 0.5) is 0 Å². The molecular weight excluding hydrogens is 190 g/mol. The van der Waals surface area contributed by atoms with E-state index in [0.717, 1.165) is 17.5 Å². The quantitative estimate of drug-likeness (QED) is 0.788. The summed E-state index contributed by atoms with van der Waals surface area (Å²) in [6.45, 7) is 0. The van der Waals surface area contributed by atoms with Gasteiger partial charge in [-0.2, -0.15) is 10.2 Å². The number of hydrogen-bond donors (Lipinski definition) is 1. The van der Waals surface area contributed by atoms with E-state index >= 15 is 0 Å². The summed E-state index contributed by atoms with van der Waals surface area (Å²) in [5.41, 5.74) is 8.26. The van der Waals surface area contributed by atoms with Crippen LogP contribution in [0.15, 0.2) is 24.8 Å². The van der Waals surface area contributed by atoms with Gasteiger partial charge in [0, 0.05) is 38.1 Å². The smallest absolute Gasteiger partial charge is 0.0537 e. The van der Waals surface area contributed by atoms with Gasteiger partial charge in [0.2, 0.25) is 0 Å². The lowest BCUT2D eigenvalue weighted by Gasteiger charge is -2.06. The molecule has 15 heavy (non-hydrogen) atoms. The van der Waals surface area contributed by atoms with Gasteiger partial charge in [-0.25, -0.2) is 0 Å². The molecule has 0 bridgehead atoms. The summed E-state index contributed by atoms with van der Waals surface area (Å²) in [4.78, 5) is 0. The fourth-order valence-corrected chi connectivity index (χ4v) is 1.58. The Labute approximate surface area is 88.5 Å². The molecule has 2 aromatic rings. The fourth-order valence-electron chi connectivity index (χ4n) is 1.58. The zero-order valence-electron chi connectivity index (χ0n) is 8.96. The molecule has 1 unspecified atom stereocenters. The summed E-state index contributed by atoms with van der Waals surface area (Å²) in [6.07, 6.45) is 8.37. The number of rotatable bonds is 3. The normalized spacial score (nSPS) is 13.0. The van der Waals surface area contributed by atoms with Crippen LogP contribution in [0.25, 0.3) is 0 Å². The van der Waals surface area contributed by atoms with Gasteiger partial charge in [-0.15, -0.1) is 0 Å². The molecule has 2 N–H and O–H groups in total. The Morgan fingerprint density at radius 1 is 1.20 bits per heavy atom. The highest BCUT2D eigenvalue weighted by Gasteiger charge is 2.09. The average Bonchev–Trinajstić information content (AvgIpc) is 2.75. The first-order valence-electron chi connectivity index (χ1n) is 4.87. The van der Waals surface area contributed by atoms with Crippen LogP contribution in [0.5, 0.6) is 0 Å². The topological polar surface area (TPSA) is 61.7 Å². The maximum absolute atomic E-state index is 6.06. The van der Waals surface area contributed by atoms with Crippen LogP contribution in [0, 0.1) is 0 Å². The van der Waals surface area contributed by atoms with Crippen molar-refractivity contribution >= 4 is 0 Å². The molecular formula is C10H15N5. The average molecular weight is 205 g/mol. The monoisotopic (exact) mass is 205 g/mol. The number of hydrogen-bond acceptors (Lipinski definition) is 3. The first-order valence-corrected chi connectivity index (χ1v) is 4.87. The van der Waals surface area contributed by atoms with Crippen molar-refractivity contribution in [1.82, 2.24) is 19.6 Å². The van der Waals surface area contributed by atoms with Crippen LogP contribution in [0.2, 0.25) is 0 Å². The first-order chi connectivity index (χ1) is 7.15. The van der Waals surface area contributed by atoms with Gasteiger partial charge >= 0.3 is 0 Å². The van der Waals surface area contributed by atoms with Crippen molar-refractivity contribution in [3.05, 3.63) is 35.9 Å². The summed E-state index contributed by atoms with van der Waals surface area (Å²) in [7, 11) is 3.79. The molecule has 0 fully saturated rings. The summed E-state index contributed by atoms with van der Waals surface area (Å²) >= 11 is 0. The highest BCUT2D eigenvalue weighted by molar-refractivity contribution is 5.15. The second-order valence-electron chi connectivity index (χ2n) is 3.78. The van der Waals surface area contributed by atoms with Gasteiger partial charge in [0.05, 0.1) is 12.4 Å². The zero-order valence-corrected chi connectivity index (χ0v) is 8.96. The van der Waals surface area contributed by atoms with Crippen LogP contribution < -0.4 is 5.73 Å². The Hall–Kier alpha value is -1.62. The lowest BCUT2D eigenvalue weighted by Crippen LogP contribution is -2.12. The van der Waals surface area contributed by atoms with Gasteiger partial charge in [-0.3, -0.25) is 9.36 Å². The van der Waals surface area contributed by atoms with Gasteiger partial charge < -0.3 is 5.73 Å². The predicted octanol–water partition coefficient (Wildman–Crippen LogP) is 0.396. The predicted molar refractivity (Wildman–Crippen MR) is 57.0 cm³/mol. The minimum atomic E-state index is -0.0112. The molecule has 0 saturated carbocycles. The maximum Gasteiger partial charge on any atom is 0.0537 e. The van der Waals surface area contributed by atoms with Crippen LogP contribution in [-0.4, -0.2) is 19.6 Å². The molecule has 2 aromatic heterocycles. The van der Waals surface area contributed by atoms with Crippen molar-refractivity contribution in [2.75, 3.05) is 0 Å². The van der Waals surface area contributed by atoms with Gasteiger partial charge in [0.1, 0.15) is 0 Å². The van der Waals surface area contributed by atoms with E-state index in [1.54, 1.807) is 15.6 Å². The molecule has 0 aliphatic rings. The molecule has 0 radical (unpaired) electrons. The highest BCUT2D eigenvalue weighted by Crippen LogP contribution is 2.14.